The number of unbranched alkanes of at least 4 members (excludes halogenated alkanes) is 1. The lowest BCUT2D eigenvalue weighted by Crippen LogP contribution is -2.23. The van der Waals surface area contributed by atoms with Crippen LogP contribution in [0.4, 0.5) is 0 Å². The molecule has 1 aromatic rings. The lowest BCUT2D eigenvalue weighted by molar-refractivity contribution is 0.671. The van der Waals surface area contributed by atoms with Crippen LogP contribution in [0.15, 0.2) is 24.3 Å². The van der Waals surface area contributed by atoms with Gasteiger partial charge in [0.05, 0.1) is 11.4 Å². The SMILES string of the molecule is CCCCc1ccc(C2NC(C#N)CS2)cc1. The molecule has 2 unspecified atom stereocenters. The minimum absolute atomic E-state index is 0.00441. The predicted octanol–water partition coefficient (Wildman–Crippen LogP) is 3.26. The van der Waals surface area contributed by atoms with E-state index in [4.69, 9.17) is 5.26 Å². The Labute approximate surface area is 107 Å². The van der Waals surface area contributed by atoms with Crippen LogP contribution in [0.2, 0.25) is 0 Å². The summed E-state index contributed by atoms with van der Waals surface area (Å²) in [6, 6.07) is 11.1. The molecular formula is C14H18N2S. The fourth-order valence-corrected chi connectivity index (χ4v) is 3.14. The Hall–Kier alpha value is -0.980. The molecule has 0 aliphatic carbocycles. The summed E-state index contributed by atoms with van der Waals surface area (Å²) in [7, 11) is 0. The van der Waals surface area contributed by atoms with Crippen molar-refractivity contribution in [1.29, 1.82) is 5.26 Å². The van der Waals surface area contributed by atoms with Crippen molar-refractivity contribution in [1.82, 2.24) is 5.32 Å². The molecule has 1 fully saturated rings. The topological polar surface area (TPSA) is 35.8 Å². The van der Waals surface area contributed by atoms with Gasteiger partial charge in [-0.15, -0.1) is 11.8 Å². The van der Waals surface area contributed by atoms with Gasteiger partial charge in [0.2, 0.25) is 0 Å². The second kappa shape index (κ2) is 6.09. The van der Waals surface area contributed by atoms with Crippen molar-refractivity contribution in [3.8, 4) is 6.07 Å². The van der Waals surface area contributed by atoms with Gasteiger partial charge in [-0.25, -0.2) is 0 Å². The zero-order valence-electron chi connectivity index (χ0n) is 10.1. The zero-order valence-corrected chi connectivity index (χ0v) is 11.0. The highest BCUT2D eigenvalue weighted by Crippen LogP contribution is 2.32. The number of nitrogens with zero attached hydrogens (tertiary/aromatic N) is 1. The Morgan fingerprint density at radius 2 is 2.18 bits per heavy atom. The second-order valence-electron chi connectivity index (χ2n) is 4.41. The van der Waals surface area contributed by atoms with Crippen LogP contribution in [0.3, 0.4) is 0 Å². The van der Waals surface area contributed by atoms with Crippen molar-refractivity contribution >= 4 is 11.8 Å². The van der Waals surface area contributed by atoms with Gasteiger partial charge in [-0.05, 0) is 24.0 Å². The Morgan fingerprint density at radius 3 is 2.76 bits per heavy atom. The van der Waals surface area contributed by atoms with Gasteiger partial charge in [0.1, 0.15) is 6.04 Å². The molecule has 1 N–H and O–H groups in total. The monoisotopic (exact) mass is 246 g/mol. The molecule has 1 aliphatic heterocycles. The van der Waals surface area contributed by atoms with Crippen LogP contribution in [-0.4, -0.2) is 11.8 Å². The van der Waals surface area contributed by atoms with E-state index in [-0.39, 0.29) is 6.04 Å². The van der Waals surface area contributed by atoms with E-state index in [9.17, 15) is 0 Å². The summed E-state index contributed by atoms with van der Waals surface area (Å²) < 4.78 is 0. The molecule has 0 bridgehead atoms. The van der Waals surface area contributed by atoms with Crippen molar-refractivity contribution in [3.05, 3.63) is 35.4 Å². The number of hydrogen-bond donors (Lipinski definition) is 1. The van der Waals surface area contributed by atoms with Crippen LogP contribution in [-0.2, 0) is 6.42 Å². The van der Waals surface area contributed by atoms with Gasteiger partial charge in [-0.1, -0.05) is 37.6 Å². The Kier molecular flexibility index (Phi) is 4.47. The predicted molar refractivity (Wildman–Crippen MR) is 72.8 cm³/mol. The van der Waals surface area contributed by atoms with Crippen LogP contribution in [0, 0.1) is 11.3 Å². The first-order chi connectivity index (χ1) is 8.33. The number of nitrogens with one attached hydrogen (secondary N) is 1. The van der Waals surface area contributed by atoms with Crippen LogP contribution >= 0.6 is 11.8 Å². The summed E-state index contributed by atoms with van der Waals surface area (Å²) in [5.41, 5.74) is 2.70. The Balaban J connectivity index is 1.96. The summed E-state index contributed by atoms with van der Waals surface area (Å²) in [6.45, 7) is 2.22. The van der Waals surface area contributed by atoms with Gasteiger partial charge in [0, 0.05) is 5.75 Å². The van der Waals surface area contributed by atoms with Gasteiger partial charge >= 0.3 is 0 Å². The van der Waals surface area contributed by atoms with Gasteiger partial charge in [-0.3, -0.25) is 5.32 Å². The first-order valence-corrected chi connectivity index (χ1v) is 7.24. The molecule has 0 aromatic heterocycles. The van der Waals surface area contributed by atoms with Crippen molar-refractivity contribution in [2.24, 2.45) is 0 Å². The molecule has 17 heavy (non-hydrogen) atoms. The smallest absolute Gasteiger partial charge is 0.106 e. The van der Waals surface area contributed by atoms with E-state index in [1.165, 1.54) is 30.4 Å². The molecule has 1 aliphatic rings. The third kappa shape index (κ3) is 3.24. The third-order valence-electron chi connectivity index (χ3n) is 3.04. The number of benzene rings is 1. The molecule has 0 amide bonds. The summed E-state index contributed by atoms with van der Waals surface area (Å²) in [5, 5.41) is 12.5. The van der Waals surface area contributed by atoms with E-state index in [1.807, 2.05) is 11.8 Å². The average Bonchev–Trinajstić information content (AvgIpc) is 2.86. The minimum Gasteiger partial charge on any atom is -0.286 e. The normalized spacial score (nSPS) is 23.5. The van der Waals surface area contributed by atoms with E-state index < -0.39 is 0 Å². The summed E-state index contributed by atoms with van der Waals surface area (Å²) >= 11 is 1.82. The lowest BCUT2D eigenvalue weighted by atomic mass is 10.1. The van der Waals surface area contributed by atoms with Crippen molar-refractivity contribution in [2.75, 3.05) is 5.75 Å². The van der Waals surface area contributed by atoms with E-state index in [2.05, 4.69) is 42.6 Å². The molecule has 2 rings (SSSR count). The molecule has 2 nitrogen and oxygen atoms in total. The molecule has 1 aromatic carbocycles. The number of thioether (sulfide) groups is 1. The standard InChI is InChI=1S/C14H18N2S/c1-2-3-4-11-5-7-12(8-6-11)14-16-13(9-15)10-17-14/h5-8,13-14,16H,2-4,10H2,1H3. The molecule has 0 spiro atoms. The van der Waals surface area contributed by atoms with Crippen LogP contribution < -0.4 is 5.32 Å². The lowest BCUT2D eigenvalue weighted by Gasteiger charge is -2.11. The van der Waals surface area contributed by atoms with Gasteiger partial charge in [-0.2, -0.15) is 5.26 Å². The fraction of sp³-hybridized carbons (Fsp3) is 0.500. The van der Waals surface area contributed by atoms with E-state index in [0.29, 0.717) is 5.37 Å². The molecule has 90 valence electrons. The fourth-order valence-electron chi connectivity index (χ4n) is 1.98. The Morgan fingerprint density at radius 1 is 1.41 bits per heavy atom. The first-order valence-electron chi connectivity index (χ1n) is 6.19. The molecule has 3 heteroatoms. The molecule has 0 radical (unpaired) electrons. The maximum Gasteiger partial charge on any atom is 0.106 e. The Bertz CT molecular complexity index is 394. The number of rotatable bonds is 4. The van der Waals surface area contributed by atoms with Gasteiger partial charge in [0.25, 0.3) is 0 Å². The highest BCUT2D eigenvalue weighted by atomic mass is 32.2. The van der Waals surface area contributed by atoms with Crippen LogP contribution in [0.25, 0.3) is 0 Å². The van der Waals surface area contributed by atoms with E-state index in [0.717, 1.165) is 5.75 Å². The third-order valence-corrected chi connectivity index (χ3v) is 4.31. The van der Waals surface area contributed by atoms with Gasteiger partial charge in [0.15, 0.2) is 0 Å². The highest BCUT2D eigenvalue weighted by molar-refractivity contribution is 7.99. The van der Waals surface area contributed by atoms with Crippen molar-refractivity contribution < 1.29 is 0 Å². The first kappa shape index (κ1) is 12.5. The van der Waals surface area contributed by atoms with Gasteiger partial charge < -0.3 is 0 Å². The molecule has 2 atom stereocenters. The summed E-state index contributed by atoms with van der Waals surface area (Å²) in [5.74, 6) is 0.888. The maximum absolute atomic E-state index is 8.85. The quantitative estimate of drug-likeness (QED) is 0.885. The number of nitriles is 1. The number of hydrogen-bond acceptors (Lipinski definition) is 3. The van der Waals surface area contributed by atoms with Crippen LogP contribution in [0.1, 0.15) is 36.3 Å². The molecule has 1 saturated heterocycles. The molecule has 0 saturated carbocycles. The van der Waals surface area contributed by atoms with Crippen molar-refractivity contribution in [2.45, 2.75) is 37.6 Å². The summed E-state index contributed by atoms with van der Waals surface area (Å²) in [6.07, 6.45) is 3.67. The maximum atomic E-state index is 8.85. The second-order valence-corrected chi connectivity index (χ2v) is 5.54. The van der Waals surface area contributed by atoms with Crippen LogP contribution in [0.5, 0.6) is 0 Å². The molecule has 1 heterocycles. The molecular weight excluding hydrogens is 228 g/mol. The van der Waals surface area contributed by atoms with E-state index >= 15 is 0 Å². The summed E-state index contributed by atoms with van der Waals surface area (Å²) in [4.78, 5) is 0. The highest BCUT2D eigenvalue weighted by Gasteiger charge is 2.24. The largest absolute Gasteiger partial charge is 0.286 e. The minimum atomic E-state index is 0.00441. The van der Waals surface area contributed by atoms with E-state index in [1.54, 1.807) is 0 Å². The number of aryl methyl sites for hydroxylation is 1. The average molecular weight is 246 g/mol. The van der Waals surface area contributed by atoms with Crippen molar-refractivity contribution in [3.63, 3.8) is 0 Å². The zero-order chi connectivity index (χ0) is 12.1.